The Morgan fingerprint density at radius 3 is 2.19 bits per heavy atom. The average Bonchev–Trinajstić information content (AvgIpc) is 2.68. The molecule has 0 fully saturated rings. The van der Waals surface area contributed by atoms with Gasteiger partial charge in [0.15, 0.2) is 0 Å². The smallest absolute Gasteiger partial charge is 0.328 e. The van der Waals surface area contributed by atoms with Gasteiger partial charge in [-0.15, -0.1) is 0 Å². The molecule has 1 aliphatic carbocycles. The van der Waals surface area contributed by atoms with E-state index in [4.69, 9.17) is 9.84 Å². The molecular weight excluding hydrogens is 391 g/mol. The Morgan fingerprint density at radius 2 is 1.68 bits per heavy atom. The molecule has 0 unspecified atom stereocenters. The summed E-state index contributed by atoms with van der Waals surface area (Å²) >= 11 is 0. The molecule has 3 nitrogen and oxygen atoms in total. The first kappa shape index (κ1) is 24.9. The Balaban J connectivity index is 2.69. The summed E-state index contributed by atoms with van der Waals surface area (Å²) < 4.78 is 21.4. The van der Waals surface area contributed by atoms with Gasteiger partial charge in [0.05, 0.1) is 6.61 Å². The van der Waals surface area contributed by atoms with Crippen LogP contribution in [-0.2, 0) is 15.6 Å². The molecule has 0 saturated heterocycles. The van der Waals surface area contributed by atoms with E-state index in [0.717, 1.165) is 36.7 Å². The predicted octanol–water partition coefficient (Wildman–Crippen LogP) is 7.50. The molecule has 0 heterocycles. The maximum atomic E-state index is 15.3. The van der Waals surface area contributed by atoms with Crippen molar-refractivity contribution in [3.8, 4) is 5.75 Å². The molecule has 0 bridgehead atoms. The second kappa shape index (κ2) is 9.84. The van der Waals surface area contributed by atoms with Crippen molar-refractivity contribution < 1.29 is 19.0 Å². The molecule has 0 radical (unpaired) electrons. The van der Waals surface area contributed by atoms with Gasteiger partial charge in [-0.05, 0) is 83.9 Å². The zero-order valence-electron chi connectivity index (χ0n) is 20.1. The van der Waals surface area contributed by atoms with E-state index in [9.17, 15) is 4.79 Å². The van der Waals surface area contributed by atoms with E-state index >= 15 is 4.39 Å². The van der Waals surface area contributed by atoms with E-state index in [0.29, 0.717) is 24.2 Å². The third-order valence-electron chi connectivity index (χ3n) is 6.23. The van der Waals surface area contributed by atoms with Crippen molar-refractivity contribution in [2.75, 3.05) is 6.61 Å². The van der Waals surface area contributed by atoms with Gasteiger partial charge in [-0.25, -0.2) is 9.18 Å². The van der Waals surface area contributed by atoms with Gasteiger partial charge in [0, 0.05) is 11.6 Å². The Kier molecular flexibility index (Phi) is 7.91. The SMILES string of the molecule is CCCOc1cc2c(cc1C(CC)=C(F)C=CC(C)=CC(=O)O)C(C)(C)CCC2(C)C. The first-order valence-corrected chi connectivity index (χ1v) is 11.2. The van der Waals surface area contributed by atoms with Gasteiger partial charge < -0.3 is 9.84 Å². The molecule has 1 aliphatic rings. The van der Waals surface area contributed by atoms with Crippen LogP contribution in [0.25, 0.3) is 5.57 Å². The second-order valence-electron chi connectivity index (χ2n) is 9.75. The van der Waals surface area contributed by atoms with Crippen LogP contribution < -0.4 is 4.74 Å². The molecule has 1 aromatic rings. The van der Waals surface area contributed by atoms with Gasteiger partial charge in [0.2, 0.25) is 0 Å². The predicted molar refractivity (Wildman–Crippen MR) is 126 cm³/mol. The summed E-state index contributed by atoms with van der Waals surface area (Å²) in [6, 6.07) is 4.26. The van der Waals surface area contributed by atoms with Crippen molar-refractivity contribution in [1.82, 2.24) is 0 Å². The van der Waals surface area contributed by atoms with Crippen LogP contribution in [0.4, 0.5) is 4.39 Å². The molecule has 0 aliphatic heterocycles. The summed E-state index contributed by atoms with van der Waals surface area (Å²) in [5.41, 5.74) is 4.44. The van der Waals surface area contributed by atoms with Crippen LogP contribution >= 0.6 is 0 Å². The molecule has 0 aromatic heterocycles. The number of hydrogen-bond donors (Lipinski definition) is 1. The molecular formula is C27H37FO3. The minimum Gasteiger partial charge on any atom is -0.493 e. The second-order valence-corrected chi connectivity index (χ2v) is 9.75. The molecule has 4 heteroatoms. The van der Waals surface area contributed by atoms with E-state index in [2.05, 4.69) is 46.8 Å². The minimum atomic E-state index is -1.04. The topological polar surface area (TPSA) is 46.5 Å². The molecule has 31 heavy (non-hydrogen) atoms. The van der Waals surface area contributed by atoms with Crippen LogP contribution in [0.15, 0.2) is 41.8 Å². The normalized spacial score (nSPS) is 18.5. The van der Waals surface area contributed by atoms with Crippen LogP contribution in [0.2, 0.25) is 0 Å². The number of ether oxygens (including phenoxy) is 1. The number of carboxylic acid groups (broad SMARTS) is 1. The first-order valence-electron chi connectivity index (χ1n) is 11.2. The lowest BCUT2D eigenvalue weighted by molar-refractivity contribution is -0.131. The van der Waals surface area contributed by atoms with Crippen molar-refractivity contribution in [1.29, 1.82) is 0 Å². The fraction of sp³-hybridized carbons (Fsp3) is 0.519. The third kappa shape index (κ3) is 5.87. The number of carbonyl (C=O) groups is 1. The molecule has 0 amide bonds. The number of hydrogen-bond acceptors (Lipinski definition) is 2. The third-order valence-corrected chi connectivity index (χ3v) is 6.23. The lowest BCUT2D eigenvalue weighted by Gasteiger charge is -2.42. The largest absolute Gasteiger partial charge is 0.493 e. The van der Waals surface area contributed by atoms with Gasteiger partial charge >= 0.3 is 5.97 Å². The van der Waals surface area contributed by atoms with Gasteiger partial charge in [0.1, 0.15) is 11.6 Å². The Hall–Kier alpha value is -2.36. The molecule has 170 valence electrons. The van der Waals surface area contributed by atoms with Crippen LogP contribution in [0, 0.1) is 0 Å². The summed E-state index contributed by atoms with van der Waals surface area (Å²) in [7, 11) is 0. The molecule has 1 N–H and O–H groups in total. The summed E-state index contributed by atoms with van der Waals surface area (Å²) in [6.45, 7) is 15.2. The molecule has 0 spiro atoms. The van der Waals surface area contributed by atoms with Crippen LogP contribution in [0.3, 0.4) is 0 Å². The van der Waals surface area contributed by atoms with E-state index < -0.39 is 5.97 Å². The van der Waals surface area contributed by atoms with Gasteiger partial charge in [-0.2, -0.15) is 0 Å². The Morgan fingerprint density at radius 1 is 1.10 bits per heavy atom. The van der Waals surface area contributed by atoms with Crippen molar-refractivity contribution in [3.05, 3.63) is 58.5 Å². The van der Waals surface area contributed by atoms with E-state index in [-0.39, 0.29) is 16.7 Å². The van der Waals surface area contributed by atoms with Gasteiger partial charge in [-0.1, -0.05) is 47.6 Å². The number of carboxylic acids is 1. The monoisotopic (exact) mass is 428 g/mol. The van der Waals surface area contributed by atoms with E-state index in [1.807, 2.05) is 6.92 Å². The van der Waals surface area contributed by atoms with Crippen LogP contribution in [-0.4, -0.2) is 17.7 Å². The highest BCUT2D eigenvalue weighted by atomic mass is 19.1. The number of benzene rings is 1. The highest BCUT2D eigenvalue weighted by Gasteiger charge is 2.38. The molecule has 0 saturated carbocycles. The lowest BCUT2D eigenvalue weighted by atomic mass is 9.62. The number of fused-ring (bicyclic) bond motifs is 1. The zero-order chi connectivity index (χ0) is 23.4. The Labute approximate surface area is 186 Å². The first-order chi connectivity index (χ1) is 14.4. The maximum Gasteiger partial charge on any atom is 0.328 e. The average molecular weight is 429 g/mol. The minimum absolute atomic E-state index is 0.00880. The fourth-order valence-electron chi connectivity index (χ4n) is 4.20. The van der Waals surface area contributed by atoms with Gasteiger partial charge in [0.25, 0.3) is 0 Å². The summed E-state index contributed by atoms with van der Waals surface area (Å²) in [4.78, 5) is 10.8. The Bertz CT molecular complexity index is 917. The molecule has 1 aromatic carbocycles. The van der Waals surface area contributed by atoms with E-state index in [1.54, 1.807) is 6.92 Å². The highest BCUT2D eigenvalue weighted by molar-refractivity contribution is 5.81. The fourth-order valence-corrected chi connectivity index (χ4v) is 4.20. The van der Waals surface area contributed by atoms with Crippen molar-refractivity contribution in [2.45, 2.75) is 85.0 Å². The summed E-state index contributed by atoms with van der Waals surface area (Å²) in [5.74, 6) is -0.684. The number of allylic oxidation sites excluding steroid dienone is 5. The van der Waals surface area contributed by atoms with Crippen molar-refractivity contribution in [3.63, 3.8) is 0 Å². The van der Waals surface area contributed by atoms with Gasteiger partial charge in [-0.3, -0.25) is 0 Å². The van der Waals surface area contributed by atoms with Crippen molar-refractivity contribution in [2.24, 2.45) is 0 Å². The number of rotatable bonds is 8. The van der Waals surface area contributed by atoms with Crippen molar-refractivity contribution >= 4 is 11.5 Å². The molecule has 2 rings (SSSR count). The maximum absolute atomic E-state index is 15.3. The summed E-state index contributed by atoms with van der Waals surface area (Å²) in [6.07, 6.45) is 7.47. The van der Waals surface area contributed by atoms with Crippen LogP contribution in [0.1, 0.15) is 90.8 Å². The summed E-state index contributed by atoms with van der Waals surface area (Å²) in [5, 5.41) is 8.87. The van der Waals surface area contributed by atoms with Crippen LogP contribution in [0.5, 0.6) is 5.75 Å². The number of aliphatic carboxylic acids is 1. The van der Waals surface area contributed by atoms with E-state index in [1.165, 1.54) is 23.3 Å². The number of halogens is 1. The zero-order valence-corrected chi connectivity index (χ0v) is 20.1. The molecule has 0 atom stereocenters. The highest BCUT2D eigenvalue weighted by Crippen LogP contribution is 2.49. The quantitative estimate of drug-likeness (QED) is 0.344. The lowest BCUT2D eigenvalue weighted by Crippen LogP contribution is -2.34. The standard InChI is InChI=1S/C27H37FO3/c1-8-14-31-24-17-22-21(26(4,5)12-13-27(22,6)7)16-20(24)19(9-2)23(28)11-10-18(3)15-25(29)30/h10-11,15-17H,8-9,12-14H2,1-7H3,(H,29,30).